The summed E-state index contributed by atoms with van der Waals surface area (Å²) in [5, 5.41) is 0. The van der Waals surface area contributed by atoms with Crippen LogP contribution in [0.25, 0.3) is 0 Å². The Balaban J connectivity index is 0.000000370. The van der Waals surface area contributed by atoms with Gasteiger partial charge in [-0.2, -0.15) is 0 Å². The molecule has 0 aliphatic rings. The Kier molecular flexibility index (Phi) is 7.92. The molecule has 0 fully saturated rings. The maximum absolute atomic E-state index is 12.8. The number of rotatable bonds is 3. The van der Waals surface area contributed by atoms with Gasteiger partial charge < -0.3 is 10.5 Å². The van der Waals surface area contributed by atoms with Gasteiger partial charge in [0.25, 0.3) is 0 Å². The van der Waals surface area contributed by atoms with E-state index in [0.717, 1.165) is 11.3 Å². The number of carbonyl (C=O) groups is 1. The Morgan fingerprint density at radius 3 is 2.04 bits per heavy atom. The van der Waals surface area contributed by atoms with Crippen molar-refractivity contribution in [3.05, 3.63) is 66.0 Å². The predicted molar refractivity (Wildman–Crippen MR) is 99.6 cm³/mol. The minimum Gasteiger partial charge on any atom is -0.450 e. The summed E-state index contributed by atoms with van der Waals surface area (Å²) in [4.78, 5) is 13.5. The summed E-state index contributed by atoms with van der Waals surface area (Å²) in [6.45, 7) is 8.34. The van der Waals surface area contributed by atoms with E-state index in [9.17, 15) is 9.18 Å². The fourth-order valence-corrected chi connectivity index (χ4v) is 2.00. The molecular weight excluding hydrogens is 319 g/mol. The van der Waals surface area contributed by atoms with Crippen LogP contribution in [0.3, 0.4) is 0 Å². The van der Waals surface area contributed by atoms with E-state index in [1.54, 1.807) is 24.0 Å². The average Bonchev–Trinajstić information content (AvgIpc) is 2.54. The van der Waals surface area contributed by atoms with E-state index in [2.05, 4.69) is 0 Å². The SMILES string of the molecule is CCOC(=O)N(Cc1ccc(F)cc1)C(C)(C)C.Nc1ccccc1. The molecule has 25 heavy (non-hydrogen) atoms. The van der Waals surface area contributed by atoms with Crippen LogP contribution in [0.15, 0.2) is 54.6 Å². The molecule has 5 heteroatoms. The molecular formula is C20H27FN2O2. The Morgan fingerprint density at radius 1 is 1.08 bits per heavy atom. The maximum atomic E-state index is 12.8. The summed E-state index contributed by atoms with van der Waals surface area (Å²) in [6.07, 6.45) is -0.352. The van der Waals surface area contributed by atoms with Crippen LogP contribution >= 0.6 is 0 Å². The topological polar surface area (TPSA) is 55.6 Å². The van der Waals surface area contributed by atoms with E-state index in [0.29, 0.717) is 13.2 Å². The van der Waals surface area contributed by atoms with Crippen molar-refractivity contribution < 1.29 is 13.9 Å². The molecule has 0 saturated heterocycles. The van der Waals surface area contributed by atoms with Crippen LogP contribution in [-0.2, 0) is 11.3 Å². The first-order chi connectivity index (χ1) is 11.7. The summed E-state index contributed by atoms with van der Waals surface area (Å²) >= 11 is 0. The lowest BCUT2D eigenvalue weighted by molar-refractivity contribution is 0.0671. The fraction of sp³-hybridized carbons (Fsp3) is 0.350. The fourth-order valence-electron chi connectivity index (χ4n) is 2.00. The van der Waals surface area contributed by atoms with E-state index in [-0.39, 0.29) is 17.4 Å². The number of anilines is 1. The number of nitrogen functional groups attached to an aromatic ring is 1. The van der Waals surface area contributed by atoms with Crippen LogP contribution in [0.1, 0.15) is 33.3 Å². The molecule has 1 amide bonds. The highest BCUT2D eigenvalue weighted by molar-refractivity contribution is 5.68. The lowest BCUT2D eigenvalue weighted by Gasteiger charge is -2.34. The Morgan fingerprint density at radius 2 is 1.64 bits per heavy atom. The number of carbonyl (C=O) groups excluding carboxylic acids is 1. The van der Waals surface area contributed by atoms with E-state index in [1.807, 2.05) is 51.1 Å². The lowest BCUT2D eigenvalue weighted by atomic mass is 10.1. The quantitative estimate of drug-likeness (QED) is 0.808. The van der Waals surface area contributed by atoms with Crippen LogP contribution in [0.4, 0.5) is 14.9 Å². The van der Waals surface area contributed by atoms with E-state index < -0.39 is 0 Å². The maximum Gasteiger partial charge on any atom is 0.410 e. The predicted octanol–water partition coefficient (Wildman–Crippen LogP) is 4.85. The first kappa shape index (κ1) is 20.5. The van der Waals surface area contributed by atoms with E-state index in [1.165, 1.54) is 12.1 Å². The number of nitrogens with zero attached hydrogens (tertiary/aromatic N) is 1. The Bertz CT molecular complexity index is 637. The second-order valence-corrected chi connectivity index (χ2v) is 6.49. The summed E-state index contributed by atoms with van der Waals surface area (Å²) in [7, 11) is 0. The van der Waals surface area contributed by atoms with Gasteiger partial charge in [0.05, 0.1) is 6.61 Å². The molecule has 2 rings (SSSR count). The average molecular weight is 346 g/mol. The van der Waals surface area contributed by atoms with Crippen molar-refractivity contribution in [2.75, 3.05) is 12.3 Å². The van der Waals surface area contributed by atoms with Gasteiger partial charge in [-0.15, -0.1) is 0 Å². The van der Waals surface area contributed by atoms with Crippen molar-refractivity contribution in [3.8, 4) is 0 Å². The van der Waals surface area contributed by atoms with Crippen molar-refractivity contribution in [2.45, 2.75) is 39.8 Å². The van der Waals surface area contributed by atoms with Crippen molar-refractivity contribution >= 4 is 11.8 Å². The third kappa shape index (κ3) is 7.70. The van der Waals surface area contributed by atoms with Crippen LogP contribution in [0, 0.1) is 5.82 Å². The first-order valence-electron chi connectivity index (χ1n) is 8.23. The molecule has 0 aromatic heterocycles. The first-order valence-corrected chi connectivity index (χ1v) is 8.23. The zero-order valence-corrected chi connectivity index (χ0v) is 15.3. The molecule has 0 spiro atoms. The number of halogens is 1. The smallest absolute Gasteiger partial charge is 0.410 e. The monoisotopic (exact) mass is 346 g/mol. The molecule has 0 radical (unpaired) electrons. The molecule has 0 aliphatic carbocycles. The number of nitrogens with two attached hydrogens (primary N) is 1. The number of benzene rings is 2. The largest absolute Gasteiger partial charge is 0.450 e. The van der Waals surface area contributed by atoms with Gasteiger partial charge in [0.2, 0.25) is 0 Å². The third-order valence-electron chi connectivity index (χ3n) is 3.35. The Hall–Kier alpha value is -2.56. The molecule has 2 aromatic carbocycles. The summed E-state index contributed by atoms with van der Waals surface area (Å²) in [5.41, 5.74) is 6.71. The molecule has 0 saturated carbocycles. The molecule has 0 unspecified atom stereocenters. The standard InChI is InChI=1S/C14H20FNO2.C6H7N/c1-5-18-13(17)16(14(2,3)4)10-11-6-8-12(15)9-7-11;7-6-4-2-1-3-5-6/h6-9H,5,10H2,1-4H3;1-5H,7H2. The molecule has 4 nitrogen and oxygen atoms in total. The van der Waals surface area contributed by atoms with Gasteiger partial charge in [-0.1, -0.05) is 30.3 Å². The zero-order chi connectivity index (χ0) is 18.9. The lowest BCUT2D eigenvalue weighted by Crippen LogP contribution is -2.45. The van der Waals surface area contributed by atoms with Gasteiger partial charge in [-0.3, -0.25) is 4.90 Å². The van der Waals surface area contributed by atoms with Gasteiger partial charge in [0.15, 0.2) is 0 Å². The van der Waals surface area contributed by atoms with Crippen LogP contribution < -0.4 is 5.73 Å². The molecule has 2 N–H and O–H groups in total. The highest BCUT2D eigenvalue weighted by Crippen LogP contribution is 2.19. The normalized spacial score (nSPS) is 10.4. The van der Waals surface area contributed by atoms with Gasteiger partial charge in [-0.05, 0) is 57.5 Å². The molecule has 0 heterocycles. The number of amides is 1. The number of ether oxygens (including phenoxy) is 1. The van der Waals surface area contributed by atoms with Crippen molar-refractivity contribution in [1.82, 2.24) is 4.90 Å². The van der Waals surface area contributed by atoms with Crippen LogP contribution in [-0.4, -0.2) is 23.1 Å². The zero-order valence-electron chi connectivity index (χ0n) is 15.3. The van der Waals surface area contributed by atoms with Crippen LogP contribution in [0.2, 0.25) is 0 Å². The minimum absolute atomic E-state index is 0.280. The Labute approximate surface area is 149 Å². The summed E-state index contributed by atoms with van der Waals surface area (Å²) in [6, 6.07) is 15.6. The van der Waals surface area contributed by atoms with Gasteiger partial charge in [-0.25, -0.2) is 9.18 Å². The molecule has 136 valence electrons. The highest BCUT2D eigenvalue weighted by atomic mass is 19.1. The molecule has 0 bridgehead atoms. The second-order valence-electron chi connectivity index (χ2n) is 6.49. The molecule has 0 aliphatic heterocycles. The number of para-hydroxylation sites is 1. The van der Waals surface area contributed by atoms with Gasteiger partial charge >= 0.3 is 6.09 Å². The third-order valence-corrected chi connectivity index (χ3v) is 3.35. The van der Waals surface area contributed by atoms with Crippen molar-refractivity contribution in [1.29, 1.82) is 0 Å². The molecule has 2 aromatic rings. The van der Waals surface area contributed by atoms with Gasteiger partial charge in [0.1, 0.15) is 5.82 Å². The number of hydrogen-bond donors (Lipinski definition) is 1. The highest BCUT2D eigenvalue weighted by Gasteiger charge is 2.27. The van der Waals surface area contributed by atoms with Gasteiger partial charge in [0, 0.05) is 17.8 Å². The van der Waals surface area contributed by atoms with E-state index >= 15 is 0 Å². The second kappa shape index (κ2) is 9.67. The van der Waals surface area contributed by atoms with Crippen molar-refractivity contribution in [3.63, 3.8) is 0 Å². The van der Waals surface area contributed by atoms with Crippen LogP contribution in [0.5, 0.6) is 0 Å². The van der Waals surface area contributed by atoms with E-state index in [4.69, 9.17) is 10.5 Å². The minimum atomic E-state index is -0.352. The molecule has 0 atom stereocenters. The number of hydrogen-bond acceptors (Lipinski definition) is 3. The summed E-state index contributed by atoms with van der Waals surface area (Å²) < 4.78 is 17.9. The van der Waals surface area contributed by atoms with Crippen molar-refractivity contribution in [2.24, 2.45) is 0 Å². The summed E-state index contributed by atoms with van der Waals surface area (Å²) in [5.74, 6) is -0.280.